The summed E-state index contributed by atoms with van der Waals surface area (Å²) in [6.45, 7) is 5.05. The number of carbonyl (C=O) groups is 2. The van der Waals surface area contributed by atoms with Crippen LogP contribution in [0.2, 0.25) is 10.0 Å². The smallest absolute Gasteiger partial charge is 0.255 e. The monoisotopic (exact) mass is 582 g/mol. The summed E-state index contributed by atoms with van der Waals surface area (Å²) < 4.78 is 0. The summed E-state index contributed by atoms with van der Waals surface area (Å²) >= 11 is 12.3. The second-order valence-corrected chi connectivity index (χ2v) is 12.4. The topological polar surface area (TPSA) is 40.6 Å². The minimum Gasteiger partial charge on any atom is -0.339 e. The molecule has 6 heteroatoms. The van der Waals surface area contributed by atoms with E-state index in [0.717, 1.165) is 57.9 Å². The van der Waals surface area contributed by atoms with Crippen LogP contribution in [-0.2, 0) is 4.79 Å². The molecule has 2 fully saturated rings. The van der Waals surface area contributed by atoms with Crippen molar-refractivity contribution < 1.29 is 9.59 Å². The highest BCUT2D eigenvalue weighted by Crippen LogP contribution is 2.29. The lowest BCUT2D eigenvalue weighted by molar-refractivity contribution is -0.137. The van der Waals surface area contributed by atoms with E-state index < -0.39 is 0 Å². The van der Waals surface area contributed by atoms with Gasteiger partial charge in [-0.3, -0.25) is 9.59 Å². The maximum absolute atomic E-state index is 13.9. The van der Waals surface area contributed by atoms with E-state index >= 15 is 0 Å². The van der Waals surface area contributed by atoms with Gasteiger partial charge in [0.05, 0.1) is 10.6 Å². The lowest BCUT2D eigenvalue weighted by Crippen LogP contribution is -2.45. The number of nitrogens with zero attached hydrogens (tertiary/aromatic N) is 2. The largest absolute Gasteiger partial charge is 0.339 e. The number of amides is 2. The first-order valence-electron chi connectivity index (χ1n) is 15.2. The molecule has 1 aliphatic carbocycles. The Kier molecular flexibility index (Phi) is 12.0. The van der Waals surface area contributed by atoms with Crippen LogP contribution in [0.3, 0.4) is 0 Å². The summed E-state index contributed by atoms with van der Waals surface area (Å²) in [5.74, 6) is 0.821. The Bertz CT molecular complexity index is 1140. The number of benzene rings is 2. The predicted molar refractivity (Wildman–Crippen MR) is 167 cm³/mol. The molecule has 4 rings (SSSR count). The molecule has 2 aromatic rings. The quantitative estimate of drug-likeness (QED) is 0.248. The Balaban J connectivity index is 1.45. The fourth-order valence-electron chi connectivity index (χ4n) is 6.13. The molecular weight excluding hydrogens is 539 g/mol. The van der Waals surface area contributed by atoms with Crippen molar-refractivity contribution in [3.05, 3.63) is 75.3 Å². The van der Waals surface area contributed by atoms with Gasteiger partial charge in [-0.15, -0.1) is 0 Å². The van der Waals surface area contributed by atoms with Crippen LogP contribution in [0.25, 0.3) is 6.08 Å². The standard InChI is InChI=1S/C34H44Cl2N2O2/c1-2-3-6-13-28(22-26-11-7-4-8-12-26)25-38(33(39)29-14-9-5-10-15-29)24-27-18-20-37(21-19-27)34(40)31-17-16-30(35)23-32(31)36/h4,7-8,11-12,16-17,22-23,27,29H,2-3,5-6,9-10,13-15,18-21,24-25H2,1H3. The van der Waals surface area contributed by atoms with Crippen LogP contribution in [0.15, 0.2) is 54.1 Å². The van der Waals surface area contributed by atoms with Gasteiger partial charge in [0.1, 0.15) is 0 Å². The lowest BCUT2D eigenvalue weighted by Gasteiger charge is -2.37. The molecule has 2 aromatic carbocycles. The van der Waals surface area contributed by atoms with Crippen LogP contribution < -0.4 is 0 Å². The number of unbranched alkanes of at least 4 members (excludes halogenated alkanes) is 2. The van der Waals surface area contributed by atoms with Crippen molar-refractivity contribution in [1.82, 2.24) is 9.80 Å². The number of piperidine rings is 1. The van der Waals surface area contributed by atoms with Gasteiger partial charge in [0, 0.05) is 37.1 Å². The molecule has 40 heavy (non-hydrogen) atoms. The molecule has 0 atom stereocenters. The second kappa shape index (κ2) is 15.6. The SMILES string of the molecule is CCCCCC(=Cc1ccccc1)CN(CC1CCN(C(=O)c2ccc(Cl)cc2Cl)CC1)C(=O)C1CCCCC1. The first-order chi connectivity index (χ1) is 19.4. The molecule has 4 nitrogen and oxygen atoms in total. The van der Waals surface area contributed by atoms with E-state index in [1.165, 1.54) is 30.4 Å². The van der Waals surface area contributed by atoms with E-state index in [1.54, 1.807) is 18.2 Å². The molecule has 1 heterocycles. The van der Waals surface area contributed by atoms with Gasteiger partial charge in [0.25, 0.3) is 5.91 Å². The van der Waals surface area contributed by atoms with Gasteiger partial charge in [0.15, 0.2) is 0 Å². The highest BCUT2D eigenvalue weighted by Gasteiger charge is 2.31. The van der Waals surface area contributed by atoms with Crippen molar-refractivity contribution in [3.8, 4) is 0 Å². The zero-order valence-electron chi connectivity index (χ0n) is 23.9. The normalized spacial score (nSPS) is 17.2. The van der Waals surface area contributed by atoms with Crippen molar-refractivity contribution in [2.75, 3.05) is 26.2 Å². The molecule has 1 saturated heterocycles. The molecule has 0 aromatic heterocycles. The molecule has 0 radical (unpaired) electrons. The van der Waals surface area contributed by atoms with Crippen LogP contribution in [-0.4, -0.2) is 47.8 Å². The van der Waals surface area contributed by atoms with Crippen LogP contribution in [0.4, 0.5) is 0 Å². The second-order valence-electron chi connectivity index (χ2n) is 11.6. The van der Waals surface area contributed by atoms with Gasteiger partial charge in [-0.2, -0.15) is 0 Å². The van der Waals surface area contributed by atoms with Crippen LogP contribution in [0.5, 0.6) is 0 Å². The minimum atomic E-state index is -0.0424. The van der Waals surface area contributed by atoms with Crippen molar-refractivity contribution in [2.45, 2.75) is 77.6 Å². The number of rotatable bonds is 11. The average Bonchev–Trinajstić information content (AvgIpc) is 2.97. The number of carbonyl (C=O) groups excluding carboxylic acids is 2. The molecule has 1 saturated carbocycles. The Morgan fingerprint density at radius 2 is 1.68 bits per heavy atom. The molecule has 2 aliphatic rings. The maximum Gasteiger partial charge on any atom is 0.255 e. The Labute approximate surface area is 250 Å². The molecule has 1 aliphatic heterocycles. The third-order valence-electron chi connectivity index (χ3n) is 8.47. The molecule has 216 valence electrons. The van der Waals surface area contributed by atoms with Gasteiger partial charge in [-0.25, -0.2) is 0 Å². The average molecular weight is 584 g/mol. The Morgan fingerprint density at radius 1 is 0.950 bits per heavy atom. The first kappa shape index (κ1) is 30.7. The number of likely N-dealkylation sites (tertiary alicyclic amines) is 1. The summed E-state index contributed by atoms with van der Waals surface area (Å²) in [5.41, 5.74) is 3.04. The molecule has 0 bridgehead atoms. The molecule has 0 unspecified atom stereocenters. The minimum absolute atomic E-state index is 0.0424. The van der Waals surface area contributed by atoms with Crippen LogP contribution >= 0.6 is 23.2 Å². The zero-order valence-corrected chi connectivity index (χ0v) is 25.4. The van der Waals surface area contributed by atoms with Crippen molar-refractivity contribution in [1.29, 1.82) is 0 Å². The maximum atomic E-state index is 13.9. The summed E-state index contributed by atoms with van der Waals surface area (Å²) in [4.78, 5) is 31.1. The van der Waals surface area contributed by atoms with Gasteiger partial charge in [-0.05, 0) is 68.2 Å². The van der Waals surface area contributed by atoms with Crippen molar-refractivity contribution >= 4 is 41.1 Å². The van der Waals surface area contributed by atoms with Gasteiger partial charge >= 0.3 is 0 Å². The van der Waals surface area contributed by atoms with E-state index in [1.807, 2.05) is 11.0 Å². The highest BCUT2D eigenvalue weighted by atomic mass is 35.5. The molecular formula is C34H44Cl2N2O2. The highest BCUT2D eigenvalue weighted by molar-refractivity contribution is 6.36. The summed E-state index contributed by atoms with van der Waals surface area (Å²) in [6, 6.07) is 15.5. The molecule has 0 N–H and O–H groups in total. The Hall–Kier alpha value is -2.30. The fourth-order valence-corrected chi connectivity index (χ4v) is 6.62. The van der Waals surface area contributed by atoms with Crippen LogP contribution in [0.1, 0.15) is 93.5 Å². The van der Waals surface area contributed by atoms with Gasteiger partial charge in [0.2, 0.25) is 5.91 Å². The first-order valence-corrected chi connectivity index (χ1v) is 16.0. The van der Waals surface area contributed by atoms with E-state index in [0.29, 0.717) is 47.1 Å². The number of hydrogen-bond acceptors (Lipinski definition) is 2. The van der Waals surface area contributed by atoms with E-state index in [-0.39, 0.29) is 11.8 Å². The predicted octanol–water partition coefficient (Wildman–Crippen LogP) is 8.92. The van der Waals surface area contributed by atoms with E-state index in [4.69, 9.17) is 23.2 Å². The number of halogens is 2. The summed E-state index contributed by atoms with van der Waals surface area (Å²) in [5, 5.41) is 0.919. The summed E-state index contributed by atoms with van der Waals surface area (Å²) in [6.07, 6.45) is 14.2. The van der Waals surface area contributed by atoms with Crippen molar-refractivity contribution in [3.63, 3.8) is 0 Å². The van der Waals surface area contributed by atoms with Crippen LogP contribution in [0, 0.1) is 11.8 Å². The third kappa shape index (κ3) is 8.85. The summed E-state index contributed by atoms with van der Waals surface area (Å²) in [7, 11) is 0. The Morgan fingerprint density at radius 3 is 2.35 bits per heavy atom. The number of hydrogen-bond donors (Lipinski definition) is 0. The van der Waals surface area contributed by atoms with Crippen molar-refractivity contribution in [2.24, 2.45) is 11.8 Å². The van der Waals surface area contributed by atoms with Gasteiger partial charge in [-0.1, -0.05) is 104 Å². The van der Waals surface area contributed by atoms with Gasteiger partial charge < -0.3 is 9.80 Å². The van der Waals surface area contributed by atoms with E-state index in [2.05, 4.69) is 42.2 Å². The molecule has 0 spiro atoms. The lowest BCUT2D eigenvalue weighted by atomic mass is 9.87. The fraction of sp³-hybridized carbons (Fsp3) is 0.529. The molecule has 2 amide bonds. The van der Waals surface area contributed by atoms with E-state index in [9.17, 15) is 9.59 Å². The third-order valence-corrected chi connectivity index (χ3v) is 9.02. The zero-order chi connectivity index (χ0) is 28.3.